The van der Waals surface area contributed by atoms with Crippen molar-refractivity contribution >= 4 is 23.5 Å². The summed E-state index contributed by atoms with van der Waals surface area (Å²) in [6.07, 6.45) is 0. The molecule has 0 unspecified atom stereocenters. The van der Waals surface area contributed by atoms with Crippen LogP contribution in [0.1, 0.15) is 6.92 Å². The molecule has 0 radical (unpaired) electrons. The predicted molar refractivity (Wildman–Crippen MR) is 71.2 cm³/mol. The van der Waals surface area contributed by atoms with Gasteiger partial charge >= 0.3 is 5.97 Å². The first-order valence-electron chi connectivity index (χ1n) is 5.81. The first-order chi connectivity index (χ1) is 9.02. The van der Waals surface area contributed by atoms with Crippen LogP contribution in [-0.2, 0) is 14.3 Å². The average molecular weight is 286 g/mol. The van der Waals surface area contributed by atoms with E-state index in [-0.39, 0.29) is 19.1 Å². The molecular weight excluding hydrogens is 270 g/mol. The lowest BCUT2D eigenvalue weighted by molar-refractivity contribution is -0.148. The van der Waals surface area contributed by atoms with E-state index in [1.54, 1.807) is 31.2 Å². The molecule has 0 bridgehead atoms. The molecule has 1 amide bonds. The Labute approximate surface area is 117 Å². The van der Waals surface area contributed by atoms with Gasteiger partial charge in [-0.25, -0.2) is 0 Å². The first kappa shape index (κ1) is 15.3. The van der Waals surface area contributed by atoms with Crippen LogP contribution in [-0.4, -0.2) is 43.6 Å². The minimum atomic E-state index is -0.440. The number of amides is 1. The molecule has 0 saturated heterocycles. The van der Waals surface area contributed by atoms with Crippen LogP contribution in [0, 0.1) is 0 Å². The number of likely N-dealkylation sites (N-methyl/N-ethyl adjacent to an activating group) is 1. The predicted octanol–water partition coefficient (Wildman–Crippen LogP) is 1.74. The summed E-state index contributed by atoms with van der Waals surface area (Å²) < 4.78 is 10.0. The summed E-state index contributed by atoms with van der Waals surface area (Å²) in [5.41, 5.74) is 0. The van der Waals surface area contributed by atoms with Crippen LogP contribution in [0.25, 0.3) is 0 Å². The Morgan fingerprint density at radius 2 is 1.89 bits per heavy atom. The van der Waals surface area contributed by atoms with E-state index in [0.717, 1.165) is 0 Å². The highest BCUT2D eigenvalue weighted by Gasteiger charge is 2.14. The van der Waals surface area contributed by atoms with Crippen LogP contribution < -0.4 is 4.74 Å². The molecule has 0 aliphatic rings. The van der Waals surface area contributed by atoms with E-state index in [1.165, 1.54) is 11.9 Å². The summed E-state index contributed by atoms with van der Waals surface area (Å²) in [6.45, 7) is 1.78. The largest absolute Gasteiger partial charge is 0.484 e. The molecule has 6 heteroatoms. The minimum Gasteiger partial charge on any atom is -0.484 e. The minimum absolute atomic E-state index is 0.0867. The SMILES string of the molecule is CCOC(=O)CN(C)C(=O)COc1ccc(Cl)cc1. The third-order valence-electron chi connectivity index (χ3n) is 2.27. The van der Waals surface area contributed by atoms with E-state index in [9.17, 15) is 9.59 Å². The van der Waals surface area contributed by atoms with E-state index in [2.05, 4.69) is 0 Å². The molecular formula is C13H16ClNO4. The Hall–Kier alpha value is -1.75. The Morgan fingerprint density at radius 3 is 2.47 bits per heavy atom. The van der Waals surface area contributed by atoms with Gasteiger partial charge in [0.2, 0.25) is 0 Å². The van der Waals surface area contributed by atoms with Crippen molar-refractivity contribution in [3.8, 4) is 5.75 Å². The lowest BCUT2D eigenvalue weighted by Crippen LogP contribution is -2.36. The summed E-state index contributed by atoms with van der Waals surface area (Å²) in [4.78, 5) is 24.1. The summed E-state index contributed by atoms with van der Waals surface area (Å²) >= 11 is 5.73. The zero-order valence-electron chi connectivity index (χ0n) is 10.9. The molecule has 104 valence electrons. The Kier molecular flexibility index (Phi) is 6.15. The fourth-order valence-corrected chi connectivity index (χ4v) is 1.40. The Bertz CT molecular complexity index is 433. The van der Waals surface area contributed by atoms with Crippen LogP contribution >= 0.6 is 11.6 Å². The van der Waals surface area contributed by atoms with Gasteiger partial charge in [0.25, 0.3) is 5.91 Å². The van der Waals surface area contributed by atoms with Crippen LogP contribution in [0.2, 0.25) is 5.02 Å². The molecule has 0 fully saturated rings. The number of carbonyl (C=O) groups excluding carboxylic acids is 2. The molecule has 0 atom stereocenters. The van der Waals surface area contributed by atoms with Gasteiger partial charge in [-0.2, -0.15) is 0 Å². The fourth-order valence-electron chi connectivity index (χ4n) is 1.27. The van der Waals surface area contributed by atoms with Crippen molar-refractivity contribution in [3.63, 3.8) is 0 Å². The number of esters is 1. The molecule has 0 aliphatic carbocycles. The maximum Gasteiger partial charge on any atom is 0.325 e. The first-order valence-corrected chi connectivity index (χ1v) is 6.18. The lowest BCUT2D eigenvalue weighted by atomic mass is 10.3. The molecule has 1 aromatic carbocycles. The summed E-state index contributed by atoms with van der Waals surface area (Å²) in [5, 5.41) is 0.595. The molecule has 0 spiro atoms. The number of carbonyl (C=O) groups is 2. The Morgan fingerprint density at radius 1 is 1.26 bits per heavy atom. The van der Waals surface area contributed by atoms with Crippen molar-refractivity contribution in [2.75, 3.05) is 26.8 Å². The van der Waals surface area contributed by atoms with Gasteiger partial charge in [0.15, 0.2) is 6.61 Å². The molecule has 19 heavy (non-hydrogen) atoms. The normalized spacial score (nSPS) is 9.84. The monoisotopic (exact) mass is 285 g/mol. The Balaban J connectivity index is 2.38. The van der Waals surface area contributed by atoms with E-state index >= 15 is 0 Å². The maximum atomic E-state index is 11.7. The number of hydrogen-bond donors (Lipinski definition) is 0. The number of rotatable bonds is 6. The third-order valence-corrected chi connectivity index (χ3v) is 2.53. The number of halogens is 1. The molecule has 0 heterocycles. The van der Waals surface area contributed by atoms with Crippen molar-refractivity contribution in [2.24, 2.45) is 0 Å². The van der Waals surface area contributed by atoms with E-state index in [1.807, 2.05) is 0 Å². The second kappa shape index (κ2) is 7.63. The van der Waals surface area contributed by atoms with Crippen molar-refractivity contribution in [1.29, 1.82) is 0 Å². The smallest absolute Gasteiger partial charge is 0.325 e. The van der Waals surface area contributed by atoms with Gasteiger partial charge < -0.3 is 14.4 Å². The highest BCUT2D eigenvalue weighted by Crippen LogP contribution is 2.15. The van der Waals surface area contributed by atoms with Crippen LogP contribution in [0.3, 0.4) is 0 Å². The summed E-state index contributed by atoms with van der Waals surface area (Å²) in [7, 11) is 1.52. The second-order valence-electron chi connectivity index (χ2n) is 3.80. The van der Waals surface area contributed by atoms with Crippen LogP contribution in [0.15, 0.2) is 24.3 Å². The molecule has 0 aromatic heterocycles. The van der Waals surface area contributed by atoms with Crippen molar-refractivity contribution < 1.29 is 19.1 Å². The van der Waals surface area contributed by atoms with Crippen LogP contribution in [0.5, 0.6) is 5.75 Å². The van der Waals surface area contributed by atoms with Gasteiger partial charge in [0.1, 0.15) is 12.3 Å². The molecule has 1 rings (SSSR count). The number of nitrogens with zero attached hydrogens (tertiary/aromatic N) is 1. The number of benzene rings is 1. The highest BCUT2D eigenvalue weighted by atomic mass is 35.5. The molecule has 5 nitrogen and oxygen atoms in total. The summed E-state index contributed by atoms with van der Waals surface area (Å²) in [6, 6.07) is 6.68. The third kappa shape index (κ3) is 5.61. The summed E-state index contributed by atoms with van der Waals surface area (Å²) in [5.74, 6) is -0.199. The van der Waals surface area contributed by atoms with Gasteiger partial charge in [-0.15, -0.1) is 0 Å². The molecule has 0 aliphatic heterocycles. The van der Waals surface area contributed by atoms with E-state index in [4.69, 9.17) is 21.1 Å². The van der Waals surface area contributed by atoms with Crippen molar-refractivity contribution in [2.45, 2.75) is 6.92 Å². The number of hydrogen-bond acceptors (Lipinski definition) is 4. The van der Waals surface area contributed by atoms with Gasteiger partial charge in [0.05, 0.1) is 6.61 Å². The maximum absolute atomic E-state index is 11.7. The molecule has 1 aromatic rings. The van der Waals surface area contributed by atoms with Crippen molar-refractivity contribution in [3.05, 3.63) is 29.3 Å². The van der Waals surface area contributed by atoms with E-state index < -0.39 is 5.97 Å². The van der Waals surface area contributed by atoms with Gasteiger partial charge in [0, 0.05) is 12.1 Å². The van der Waals surface area contributed by atoms with E-state index in [0.29, 0.717) is 17.4 Å². The van der Waals surface area contributed by atoms with Crippen molar-refractivity contribution in [1.82, 2.24) is 4.90 Å². The lowest BCUT2D eigenvalue weighted by Gasteiger charge is -2.16. The highest BCUT2D eigenvalue weighted by molar-refractivity contribution is 6.30. The van der Waals surface area contributed by atoms with Gasteiger partial charge in [-0.05, 0) is 31.2 Å². The molecule has 0 saturated carbocycles. The van der Waals surface area contributed by atoms with Gasteiger partial charge in [-0.3, -0.25) is 9.59 Å². The second-order valence-corrected chi connectivity index (χ2v) is 4.23. The molecule has 0 N–H and O–H groups in total. The van der Waals surface area contributed by atoms with Gasteiger partial charge in [-0.1, -0.05) is 11.6 Å². The zero-order valence-corrected chi connectivity index (χ0v) is 11.6. The standard InChI is InChI=1S/C13H16ClNO4/c1-3-18-13(17)8-15(2)12(16)9-19-11-6-4-10(14)5-7-11/h4-7H,3,8-9H2,1-2H3. The average Bonchev–Trinajstić information content (AvgIpc) is 2.37. The quantitative estimate of drug-likeness (QED) is 0.747. The number of ether oxygens (including phenoxy) is 2. The fraction of sp³-hybridized carbons (Fsp3) is 0.385. The van der Waals surface area contributed by atoms with Crippen LogP contribution in [0.4, 0.5) is 0 Å². The zero-order chi connectivity index (χ0) is 14.3. The topological polar surface area (TPSA) is 55.8 Å².